The molecule has 0 radical (unpaired) electrons. The van der Waals surface area contributed by atoms with Gasteiger partial charge in [0.15, 0.2) is 0 Å². The maximum atomic E-state index is 12.9. The van der Waals surface area contributed by atoms with Crippen molar-refractivity contribution in [1.29, 1.82) is 0 Å². The first-order valence-electron chi connectivity index (χ1n) is 8.93. The Balaban J connectivity index is 2.22. The SMILES string of the molecule is CC(C)CC(NS(=O)(=O)c1cccc(C(=O)O)c1)C(=O)N1CCN(C)CC1. The van der Waals surface area contributed by atoms with E-state index in [1.807, 2.05) is 20.9 Å². The van der Waals surface area contributed by atoms with Gasteiger partial charge in [-0.15, -0.1) is 0 Å². The lowest BCUT2D eigenvalue weighted by atomic mass is 10.0. The van der Waals surface area contributed by atoms with Crippen molar-refractivity contribution in [1.82, 2.24) is 14.5 Å². The molecular weight excluding hydrogens is 370 g/mol. The third kappa shape index (κ3) is 5.75. The highest BCUT2D eigenvalue weighted by molar-refractivity contribution is 7.89. The van der Waals surface area contributed by atoms with Gasteiger partial charge in [0.1, 0.15) is 6.04 Å². The van der Waals surface area contributed by atoms with E-state index in [0.29, 0.717) is 19.5 Å². The first kappa shape index (κ1) is 21.3. The van der Waals surface area contributed by atoms with Gasteiger partial charge in [-0.25, -0.2) is 13.2 Å². The van der Waals surface area contributed by atoms with E-state index in [1.165, 1.54) is 18.2 Å². The number of piperazine rings is 1. The highest BCUT2D eigenvalue weighted by Crippen LogP contribution is 2.16. The zero-order valence-corrected chi connectivity index (χ0v) is 16.7. The number of likely N-dealkylation sites (N-methyl/N-ethyl adjacent to an activating group) is 1. The minimum Gasteiger partial charge on any atom is -0.478 e. The minimum atomic E-state index is -4.03. The molecule has 1 aliphatic rings. The fourth-order valence-corrected chi connectivity index (χ4v) is 4.22. The Morgan fingerprint density at radius 1 is 1.19 bits per heavy atom. The lowest BCUT2D eigenvalue weighted by Crippen LogP contribution is -2.54. The normalized spacial score (nSPS) is 17.1. The van der Waals surface area contributed by atoms with Gasteiger partial charge in [-0.05, 0) is 37.6 Å². The highest BCUT2D eigenvalue weighted by atomic mass is 32.2. The second-order valence-electron chi connectivity index (χ2n) is 7.26. The van der Waals surface area contributed by atoms with Crippen molar-refractivity contribution in [3.63, 3.8) is 0 Å². The van der Waals surface area contributed by atoms with Gasteiger partial charge in [0.2, 0.25) is 15.9 Å². The summed E-state index contributed by atoms with van der Waals surface area (Å²) in [4.78, 5) is 27.7. The Morgan fingerprint density at radius 2 is 1.81 bits per heavy atom. The molecule has 150 valence electrons. The van der Waals surface area contributed by atoms with E-state index in [1.54, 1.807) is 4.90 Å². The van der Waals surface area contributed by atoms with Gasteiger partial charge in [0.25, 0.3) is 0 Å². The molecule has 0 aliphatic carbocycles. The summed E-state index contributed by atoms with van der Waals surface area (Å²) in [6.45, 7) is 6.44. The third-order valence-corrected chi connectivity index (χ3v) is 5.98. The first-order valence-corrected chi connectivity index (χ1v) is 10.4. The number of carboxylic acids is 1. The van der Waals surface area contributed by atoms with Crippen LogP contribution in [-0.2, 0) is 14.8 Å². The maximum Gasteiger partial charge on any atom is 0.335 e. The molecule has 1 heterocycles. The number of hydrogen-bond donors (Lipinski definition) is 2. The van der Waals surface area contributed by atoms with Crippen LogP contribution in [0.25, 0.3) is 0 Å². The molecule has 8 nitrogen and oxygen atoms in total. The van der Waals surface area contributed by atoms with Crippen LogP contribution in [0.15, 0.2) is 29.2 Å². The van der Waals surface area contributed by atoms with Crippen LogP contribution in [-0.4, -0.2) is 74.5 Å². The highest BCUT2D eigenvalue weighted by Gasteiger charge is 2.31. The predicted octanol–water partition coefficient (Wildman–Crippen LogP) is 0.852. The van der Waals surface area contributed by atoms with Crippen LogP contribution in [0.5, 0.6) is 0 Å². The molecule has 1 atom stereocenters. The van der Waals surface area contributed by atoms with E-state index in [0.717, 1.165) is 19.2 Å². The summed E-state index contributed by atoms with van der Waals surface area (Å²) in [6, 6.07) is 4.23. The number of nitrogens with one attached hydrogen (secondary N) is 1. The number of aromatic carboxylic acids is 1. The fraction of sp³-hybridized carbons (Fsp3) is 0.556. The summed E-state index contributed by atoms with van der Waals surface area (Å²) in [5.41, 5.74) is -0.122. The summed E-state index contributed by atoms with van der Waals surface area (Å²) < 4.78 is 28.0. The number of amides is 1. The lowest BCUT2D eigenvalue weighted by Gasteiger charge is -2.35. The van der Waals surface area contributed by atoms with Crippen LogP contribution >= 0.6 is 0 Å². The molecule has 1 fully saturated rings. The van der Waals surface area contributed by atoms with E-state index in [2.05, 4.69) is 9.62 Å². The summed E-state index contributed by atoms with van der Waals surface area (Å²) in [5.74, 6) is -1.34. The van der Waals surface area contributed by atoms with Crippen molar-refractivity contribution in [2.75, 3.05) is 33.2 Å². The molecule has 2 rings (SSSR count). The number of carbonyl (C=O) groups excluding carboxylic acids is 1. The van der Waals surface area contributed by atoms with Crippen LogP contribution in [0, 0.1) is 5.92 Å². The van der Waals surface area contributed by atoms with E-state index in [4.69, 9.17) is 5.11 Å². The zero-order valence-electron chi connectivity index (χ0n) is 15.9. The maximum absolute atomic E-state index is 12.9. The predicted molar refractivity (Wildman–Crippen MR) is 101 cm³/mol. The molecule has 2 N–H and O–H groups in total. The second kappa shape index (κ2) is 8.81. The molecule has 1 aliphatic heterocycles. The molecule has 1 amide bonds. The molecule has 0 aromatic heterocycles. The summed E-state index contributed by atoms with van der Waals surface area (Å²) in [6.07, 6.45) is 0.364. The van der Waals surface area contributed by atoms with Gasteiger partial charge < -0.3 is 14.9 Å². The molecule has 0 saturated carbocycles. The van der Waals surface area contributed by atoms with E-state index < -0.39 is 22.0 Å². The number of carboxylic acid groups (broad SMARTS) is 1. The average molecular weight is 397 g/mol. The van der Waals surface area contributed by atoms with E-state index in [-0.39, 0.29) is 22.3 Å². The molecule has 0 spiro atoms. The Bertz CT molecular complexity index is 786. The molecule has 9 heteroatoms. The Hall–Kier alpha value is -1.97. The van der Waals surface area contributed by atoms with Gasteiger partial charge in [0, 0.05) is 26.2 Å². The quantitative estimate of drug-likeness (QED) is 0.706. The molecule has 1 unspecified atom stereocenters. The molecular formula is C18H27N3O5S. The van der Waals surface area contributed by atoms with Gasteiger partial charge in [-0.1, -0.05) is 19.9 Å². The number of benzene rings is 1. The van der Waals surface area contributed by atoms with Gasteiger partial charge >= 0.3 is 5.97 Å². The van der Waals surface area contributed by atoms with Gasteiger partial charge in [-0.3, -0.25) is 4.79 Å². The van der Waals surface area contributed by atoms with Crippen molar-refractivity contribution < 1.29 is 23.1 Å². The number of sulfonamides is 1. The second-order valence-corrected chi connectivity index (χ2v) is 8.98. The van der Waals surface area contributed by atoms with Gasteiger partial charge in [-0.2, -0.15) is 4.72 Å². The topological polar surface area (TPSA) is 107 Å². The number of nitrogens with zero attached hydrogens (tertiary/aromatic N) is 2. The summed E-state index contributed by atoms with van der Waals surface area (Å²) in [5, 5.41) is 9.08. The van der Waals surface area contributed by atoms with Gasteiger partial charge in [0.05, 0.1) is 10.5 Å². The molecule has 1 aromatic carbocycles. The summed E-state index contributed by atoms with van der Waals surface area (Å²) >= 11 is 0. The van der Waals surface area contributed by atoms with Crippen molar-refractivity contribution in [2.45, 2.75) is 31.2 Å². The van der Waals surface area contributed by atoms with Crippen LogP contribution < -0.4 is 4.72 Å². The number of carbonyl (C=O) groups is 2. The average Bonchev–Trinajstić information content (AvgIpc) is 2.60. The largest absolute Gasteiger partial charge is 0.478 e. The zero-order chi connectivity index (χ0) is 20.2. The van der Waals surface area contributed by atoms with Crippen molar-refractivity contribution in [3.05, 3.63) is 29.8 Å². The smallest absolute Gasteiger partial charge is 0.335 e. The monoisotopic (exact) mass is 397 g/mol. The molecule has 0 bridgehead atoms. The Kier molecular flexibility index (Phi) is 6.96. The number of hydrogen-bond acceptors (Lipinski definition) is 5. The van der Waals surface area contributed by atoms with Crippen molar-refractivity contribution >= 4 is 21.9 Å². The molecule has 27 heavy (non-hydrogen) atoms. The fourth-order valence-electron chi connectivity index (χ4n) is 2.97. The number of rotatable bonds is 7. The molecule has 1 saturated heterocycles. The van der Waals surface area contributed by atoms with Crippen LogP contribution in [0.4, 0.5) is 0 Å². The van der Waals surface area contributed by atoms with Crippen molar-refractivity contribution in [2.24, 2.45) is 5.92 Å². The Labute approximate surface area is 160 Å². The molecule has 1 aromatic rings. The standard InChI is InChI=1S/C18H27N3O5S/c1-13(2)11-16(17(22)21-9-7-20(3)8-10-21)19-27(25,26)15-6-4-5-14(12-15)18(23)24/h4-6,12-13,16,19H,7-11H2,1-3H3,(H,23,24). The van der Waals surface area contributed by atoms with E-state index in [9.17, 15) is 18.0 Å². The minimum absolute atomic E-state index is 0.111. The van der Waals surface area contributed by atoms with Crippen LogP contribution in [0.1, 0.15) is 30.6 Å². The summed E-state index contributed by atoms with van der Waals surface area (Å²) in [7, 11) is -2.05. The van der Waals surface area contributed by atoms with E-state index >= 15 is 0 Å². The first-order chi connectivity index (χ1) is 12.6. The Morgan fingerprint density at radius 3 is 2.37 bits per heavy atom. The third-order valence-electron chi connectivity index (χ3n) is 4.51. The van der Waals surface area contributed by atoms with Crippen LogP contribution in [0.3, 0.4) is 0 Å². The van der Waals surface area contributed by atoms with Crippen LogP contribution in [0.2, 0.25) is 0 Å². The lowest BCUT2D eigenvalue weighted by molar-refractivity contribution is -0.135. The van der Waals surface area contributed by atoms with Crippen molar-refractivity contribution in [3.8, 4) is 0 Å².